The van der Waals surface area contributed by atoms with Crippen LogP contribution in [0.15, 0.2) is 28.8 Å². The Morgan fingerprint density at radius 3 is 3.13 bits per heavy atom. The van der Waals surface area contributed by atoms with Gasteiger partial charge in [0.15, 0.2) is 0 Å². The fourth-order valence-electron chi connectivity index (χ4n) is 2.89. The highest BCUT2D eigenvalue weighted by atomic mass is 16.5. The van der Waals surface area contributed by atoms with Crippen molar-refractivity contribution in [2.75, 3.05) is 25.1 Å². The van der Waals surface area contributed by atoms with Crippen LogP contribution in [0.3, 0.4) is 0 Å². The van der Waals surface area contributed by atoms with Gasteiger partial charge in [0.1, 0.15) is 11.5 Å². The lowest BCUT2D eigenvalue weighted by atomic mass is 10.1. The zero-order chi connectivity index (χ0) is 15.6. The minimum Gasteiger partial charge on any atom is -0.395 e. The molecule has 3 heterocycles. The number of nitrogens with zero attached hydrogens (tertiary/aromatic N) is 3. The number of rotatable bonds is 5. The predicted molar refractivity (Wildman–Crippen MR) is 84.3 cm³/mol. The Labute approximate surface area is 132 Å². The van der Waals surface area contributed by atoms with Gasteiger partial charge in [0.25, 0.3) is 0 Å². The van der Waals surface area contributed by atoms with Crippen molar-refractivity contribution in [3.63, 3.8) is 0 Å². The van der Waals surface area contributed by atoms with Crippen molar-refractivity contribution in [2.45, 2.75) is 19.6 Å². The largest absolute Gasteiger partial charge is 0.395 e. The van der Waals surface area contributed by atoms with Crippen LogP contribution >= 0.6 is 0 Å². The van der Waals surface area contributed by atoms with E-state index in [2.05, 4.69) is 20.0 Å². The van der Waals surface area contributed by atoms with Crippen molar-refractivity contribution in [2.24, 2.45) is 0 Å². The Morgan fingerprint density at radius 2 is 2.22 bits per heavy atom. The van der Waals surface area contributed by atoms with Gasteiger partial charge >= 0.3 is 0 Å². The number of nitrogens with one attached hydrogen (secondary N) is 1. The number of hydrogen-bond donors (Lipinski definition) is 2. The first-order valence-electron chi connectivity index (χ1n) is 7.71. The van der Waals surface area contributed by atoms with Crippen LogP contribution in [0, 0.1) is 0 Å². The minimum absolute atomic E-state index is 0.0520. The Morgan fingerprint density at radius 1 is 1.30 bits per heavy atom. The minimum atomic E-state index is 0.0520. The number of imidazole rings is 1. The molecule has 0 atom stereocenters. The maximum atomic E-state index is 9.06. The summed E-state index contributed by atoms with van der Waals surface area (Å²) >= 11 is 0. The SMILES string of the molecule is OCCNc1nc2ccccc2n1Cc1noc2c1COCC2. The molecule has 23 heavy (non-hydrogen) atoms. The first-order chi connectivity index (χ1) is 11.4. The quantitative estimate of drug-likeness (QED) is 0.743. The van der Waals surface area contributed by atoms with E-state index in [1.54, 1.807) is 0 Å². The molecule has 0 amide bonds. The number of benzene rings is 1. The van der Waals surface area contributed by atoms with E-state index in [9.17, 15) is 0 Å². The van der Waals surface area contributed by atoms with Crippen LogP contribution in [0.5, 0.6) is 0 Å². The monoisotopic (exact) mass is 314 g/mol. The highest BCUT2D eigenvalue weighted by molar-refractivity contribution is 5.78. The van der Waals surface area contributed by atoms with E-state index >= 15 is 0 Å². The van der Waals surface area contributed by atoms with Crippen LogP contribution in [0.1, 0.15) is 17.0 Å². The molecule has 0 unspecified atom stereocenters. The Kier molecular flexibility index (Phi) is 3.72. The molecule has 1 aliphatic heterocycles. The van der Waals surface area contributed by atoms with Crippen LogP contribution in [0.4, 0.5) is 5.95 Å². The molecule has 0 saturated carbocycles. The van der Waals surface area contributed by atoms with Crippen LogP contribution in [0.2, 0.25) is 0 Å². The lowest BCUT2D eigenvalue weighted by Gasteiger charge is -2.12. The first-order valence-corrected chi connectivity index (χ1v) is 7.71. The van der Waals surface area contributed by atoms with E-state index in [4.69, 9.17) is 14.4 Å². The summed E-state index contributed by atoms with van der Waals surface area (Å²) in [7, 11) is 0. The van der Waals surface area contributed by atoms with Gasteiger partial charge in [-0.15, -0.1) is 0 Å². The molecule has 0 radical (unpaired) electrons. The molecule has 0 fully saturated rings. The standard InChI is InChI=1S/C16H18N4O3/c21-7-6-17-16-18-12-3-1-2-4-14(12)20(16)9-13-11-10-22-8-5-15(11)23-19-13/h1-4,21H,5-10H2,(H,17,18). The van der Waals surface area contributed by atoms with Crippen molar-refractivity contribution in [1.29, 1.82) is 0 Å². The summed E-state index contributed by atoms with van der Waals surface area (Å²) in [6.45, 7) is 2.27. The summed E-state index contributed by atoms with van der Waals surface area (Å²) in [4.78, 5) is 4.59. The van der Waals surface area contributed by atoms with E-state index in [0.717, 1.165) is 34.5 Å². The molecule has 0 aliphatic carbocycles. The van der Waals surface area contributed by atoms with Crippen molar-refractivity contribution < 1.29 is 14.4 Å². The van der Waals surface area contributed by atoms with E-state index in [-0.39, 0.29) is 6.61 Å². The topological polar surface area (TPSA) is 85.3 Å². The Balaban J connectivity index is 1.73. The second-order valence-electron chi connectivity index (χ2n) is 5.49. The van der Waals surface area contributed by atoms with E-state index in [0.29, 0.717) is 32.3 Å². The van der Waals surface area contributed by atoms with Crippen LogP contribution in [-0.4, -0.2) is 39.6 Å². The molecule has 2 N–H and O–H groups in total. The number of aromatic nitrogens is 3. The number of aliphatic hydroxyl groups excluding tert-OH is 1. The molecular formula is C16H18N4O3. The molecule has 4 rings (SSSR count). The summed E-state index contributed by atoms with van der Waals surface area (Å²) in [5.74, 6) is 1.63. The summed E-state index contributed by atoms with van der Waals surface area (Å²) in [5, 5.41) is 16.4. The Hall–Kier alpha value is -2.38. The van der Waals surface area contributed by atoms with Crippen LogP contribution in [0.25, 0.3) is 11.0 Å². The molecule has 7 heteroatoms. The average molecular weight is 314 g/mol. The van der Waals surface area contributed by atoms with Gasteiger partial charge in [-0.1, -0.05) is 17.3 Å². The summed E-state index contributed by atoms with van der Waals surface area (Å²) in [5.41, 5.74) is 3.83. The first kappa shape index (κ1) is 14.2. The van der Waals surface area contributed by atoms with Crippen molar-refractivity contribution >= 4 is 17.0 Å². The lowest BCUT2D eigenvalue weighted by molar-refractivity contribution is 0.102. The zero-order valence-electron chi connectivity index (χ0n) is 12.7. The molecule has 3 aromatic rings. The number of hydrogen-bond acceptors (Lipinski definition) is 6. The third kappa shape index (κ3) is 2.58. The zero-order valence-corrected chi connectivity index (χ0v) is 12.7. The second-order valence-corrected chi connectivity index (χ2v) is 5.49. The molecule has 1 aromatic carbocycles. The summed E-state index contributed by atoms with van der Waals surface area (Å²) < 4.78 is 13.0. The molecule has 0 spiro atoms. The number of anilines is 1. The van der Waals surface area contributed by atoms with Crippen molar-refractivity contribution in [3.05, 3.63) is 41.3 Å². The highest BCUT2D eigenvalue weighted by Crippen LogP contribution is 2.25. The molecule has 7 nitrogen and oxygen atoms in total. The normalized spacial score (nSPS) is 14.1. The van der Waals surface area contributed by atoms with Gasteiger partial charge in [-0.3, -0.25) is 0 Å². The van der Waals surface area contributed by atoms with Gasteiger partial charge in [0.05, 0.1) is 37.4 Å². The highest BCUT2D eigenvalue weighted by Gasteiger charge is 2.21. The third-order valence-electron chi connectivity index (χ3n) is 4.03. The lowest BCUT2D eigenvalue weighted by Crippen LogP contribution is -2.14. The van der Waals surface area contributed by atoms with Crippen LogP contribution < -0.4 is 5.32 Å². The van der Waals surface area contributed by atoms with Gasteiger partial charge in [-0.25, -0.2) is 4.98 Å². The second kappa shape index (κ2) is 6.02. The Bertz CT molecular complexity index is 824. The fourth-order valence-corrected chi connectivity index (χ4v) is 2.89. The number of aliphatic hydroxyl groups is 1. The number of fused-ring (bicyclic) bond motifs is 2. The third-order valence-corrected chi connectivity index (χ3v) is 4.03. The summed E-state index contributed by atoms with van der Waals surface area (Å²) in [6.07, 6.45) is 0.766. The van der Waals surface area contributed by atoms with Gasteiger partial charge in [0.2, 0.25) is 5.95 Å². The van der Waals surface area contributed by atoms with Gasteiger partial charge in [-0.05, 0) is 12.1 Å². The summed E-state index contributed by atoms with van der Waals surface area (Å²) in [6, 6.07) is 7.94. The van der Waals surface area contributed by atoms with Crippen molar-refractivity contribution in [3.8, 4) is 0 Å². The molecule has 0 saturated heterocycles. The van der Waals surface area contributed by atoms with E-state index < -0.39 is 0 Å². The smallest absolute Gasteiger partial charge is 0.204 e. The number of ether oxygens (including phenoxy) is 1. The van der Waals surface area contributed by atoms with E-state index in [1.807, 2.05) is 24.3 Å². The van der Waals surface area contributed by atoms with Crippen LogP contribution in [-0.2, 0) is 24.3 Å². The molecule has 1 aliphatic rings. The van der Waals surface area contributed by atoms with Gasteiger partial charge < -0.3 is 24.3 Å². The predicted octanol–water partition coefficient (Wildman–Crippen LogP) is 1.55. The van der Waals surface area contributed by atoms with Gasteiger partial charge in [0, 0.05) is 18.5 Å². The molecule has 2 aromatic heterocycles. The maximum Gasteiger partial charge on any atom is 0.204 e. The number of para-hydroxylation sites is 2. The van der Waals surface area contributed by atoms with Gasteiger partial charge in [-0.2, -0.15) is 0 Å². The van der Waals surface area contributed by atoms with E-state index in [1.165, 1.54) is 0 Å². The molecule has 120 valence electrons. The molecule has 0 bridgehead atoms. The molecular weight excluding hydrogens is 296 g/mol. The maximum absolute atomic E-state index is 9.06. The van der Waals surface area contributed by atoms with Crippen molar-refractivity contribution in [1.82, 2.24) is 14.7 Å². The average Bonchev–Trinajstić information content (AvgIpc) is 3.16. The fraction of sp³-hybridized carbons (Fsp3) is 0.375.